The number of carbonyl (C=O) groups is 1. The van der Waals surface area contributed by atoms with Crippen molar-refractivity contribution in [2.24, 2.45) is 11.8 Å². The first-order valence-corrected chi connectivity index (χ1v) is 9.25. The number of halogens is 1. The number of nitrogens with zero attached hydrogens (tertiary/aromatic N) is 5. The molecule has 0 bridgehead atoms. The Hall–Kier alpha value is -2.68. The molecule has 1 aliphatic carbocycles. The lowest BCUT2D eigenvalue weighted by Crippen LogP contribution is -2.21. The zero-order chi connectivity index (χ0) is 19.1. The van der Waals surface area contributed by atoms with Gasteiger partial charge in [-0.2, -0.15) is 10.2 Å². The van der Waals surface area contributed by atoms with Crippen LogP contribution in [0.1, 0.15) is 43.0 Å². The number of carboxylic acids is 1. The van der Waals surface area contributed by atoms with Crippen molar-refractivity contribution in [3.63, 3.8) is 0 Å². The average Bonchev–Trinajstić information content (AvgIpc) is 3.23. The molecule has 27 heavy (non-hydrogen) atoms. The molecule has 0 aromatic carbocycles. The van der Waals surface area contributed by atoms with E-state index in [9.17, 15) is 9.59 Å². The Kier molecular flexibility index (Phi) is 4.47. The second-order valence-corrected chi connectivity index (χ2v) is 7.52. The number of hydrogen-bond acceptors (Lipinski definition) is 5. The van der Waals surface area contributed by atoms with E-state index in [1.165, 1.54) is 29.9 Å². The maximum atomic E-state index is 12.7. The van der Waals surface area contributed by atoms with Crippen LogP contribution in [0.3, 0.4) is 0 Å². The molecular weight excluding hydrogens is 372 g/mol. The fraction of sp³-hybridized carbons (Fsp3) is 0.471. The van der Waals surface area contributed by atoms with E-state index in [4.69, 9.17) is 16.7 Å². The molecule has 0 spiro atoms. The highest BCUT2D eigenvalue weighted by Gasteiger charge is 2.22. The number of fused-ring (bicyclic) bond motifs is 1. The standard InChI is InChI=1S/C17H19ClN6O3/c1-9-2-4-10(5-3-9)7-23-13-12(14(18)22-23)20-17(21-15(13)25)24-8-11(6-19-24)16(26)27/h6,8-10H,2-5,7H2,1H3,(H,26,27)(H,20,21,25). The molecule has 0 radical (unpaired) electrons. The molecule has 1 aliphatic rings. The summed E-state index contributed by atoms with van der Waals surface area (Å²) in [6.45, 7) is 2.89. The summed E-state index contributed by atoms with van der Waals surface area (Å²) in [7, 11) is 0. The number of H-pyrrole nitrogens is 1. The van der Waals surface area contributed by atoms with Gasteiger partial charge in [-0.15, -0.1) is 0 Å². The minimum atomic E-state index is -1.11. The molecule has 0 amide bonds. The Morgan fingerprint density at radius 3 is 2.78 bits per heavy atom. The zero-order valence-electron chi connectivity index (χ0n) is 14.7. The largest absolute Gasteiger partial charge is 0.478 e. The highest BCUT2D eigenvalue weighted by atomic mass is 35.5. The van der Waals surface area contributed by atoms with Crippen LogP contribution >= 0.6 is 11.6 Å². The van der Waals surface area contributed by atoms with Crippen LogP contribution in [0.4, 0.5) is 0 Å². The summed E-state index contributed by atoms with van der Waals surface area (Å²) in [6, 6.07) is 0. The zero-order valence-corrected chi connectivity index (χ0v) is 15.5. The molecule has 0 aliphatic heterocycles. The summed E-state index contributed by atoms with van der Waals surface area (Å²) >= 11 is 6.23. The Morgan fingerprint density at radius 1 is 1.37 bits per heavy atom. The van der Waals surface area contributed by atoms with Crippen LogP contribution in [0.2, 0.25) is 5.15 Å². The number of carboxylic acid groups (broad SMARTS) is 1. The SMILES string of the molecule is CC1CCC(Cn2nc(Cl)c3nc(-n4cc(C(=O)O)cn4)[nH]c(=O)c32)CC1. The van der Waals surface area contributed by atoms with Gasteiger partial charge in [0.25, 0.3) is 5.56 Å². The normalized spacial score (nSPS) is 20.2. The quantitative estimate of drug-likeness (QED) is 0.706. The molecule has 0 atom stereocenters. The fourth-order valence-electron chi connectivity index (χ4n) is 3.59. The van der Waals surface area contributed by atoms with Gasteiger partial charge in [0.15, 0.2) is 10.7 Å². The molecule has 0 unspecified atom stereocenters. The van der Waals surface area contributed by atoms with E-state index in [0.29, 0.717) is 18.0 Å². The first-order chi connectivity index (χ1) is 12.9. The molecule has 10 heteroatoms. The minimum absolute atomic E-state index is 0.00827. The maximum absolute atomic E-state index is 12.7. The van der Waals surface area contributed by atoms with Crippen molar-refractivity contribution in [2.75, 3.05) is 0 Å². The van der Waals surface area contributed by atoms with Gasteiger partial charge in [-0.05, 0) is 24.7 Å². The Labute approximate surface area is 159 Å². The Balaban J connectivity index is 1.70. The van der Waals surface area contributed by atoms with Crippen molar-refractivity contribution in [3.05, 3.63) is 33.5 Å². The van der Waals surface area contributed by atoms with E-state index in [1.54, 1.807) is 4.68 Å². The molecule has 3 aromatic heterocycles. The summed E-state index contributed by atoms with van der Waals surface area (Å²) in [6.07, 6.45) is 7.03. The van der Waals surface area contributed by atoms with Crippen LogP contribution in [-0.4, -0.2) is 40.6 Å². The smallest absolute Gasteiger partial charge is 0.338 e. The van der Waals surface area contributed by atoms with Gasteiger partial charge in [0.05, 0.1) is 11.8 Å². The molecule has 142 valence electrons. The highest BCUT2D eigenvalue weighted by molar-refractivity contribution is 6.33. The molecule has 1 saturated carbocycles. The fourth-order valence-corrected chi connectivity index (χ4v) is 3.81. The minimum Gasteiger partial charge on any atom is -0.478 e. The summed E-state index contributed by atoms with van der Waals surface area (Å²) in [5.74, 6) is 0.186. The molecule has 1 fully saturated rings. The molecule has 9 nitrogen and oxygen atoms in total. The number of hydrogen-bond donors (Lipinski definition) is 2. The van der Waals surface area contributed by atoms with E-state index in [0.717, 1.165) is 18.8 Å². The van der Waals surface area contributed by atoms with Crippen LogP contribution in [0, 0.1) is 11.8 Å². The van der Waals surface area contributed by atoms with Gasteiger partial charge in [-0.25, -0.2) is 14.5 Å². The third kappa shape index (κ3) is 3.34. The second-order valence-electron chi connectivity index (χ2n) is 7.16. The topological polar surface area (TPSA) is 119 Å². The van der Waals surface area contributed by atoms with E-state index in [1.807, 2.05) is 0 Å². The summed E-state index contributed by atoms with van der Waals surface area (Å²) in [4.78, 5) is 30.7. The summed E-state index contributed by atoms with van der Waals surface area (Å²) in [5.41, 5.74) is 0.219. The van der Waals surface area contributed by atoms with E-state index >= 15 is 0 Å². The van der Waals surface area contributed by atoms with Gasteiger partial charge >= 0.3 is 5.97 Å². The summed E-state index contributed by atoms with van der Waals surface area (Å²) in [5, 5.41) is 17.4. The Morgan fingerprint density at radius 2 is 2.11 bits per heavy atom. The maximum Gasteiger partial charge on any atom is 0.338 e. The molecule has 3 heterocycles. The van der Waals surface area contributed by atoms with Crippen LogP contribution in [0.5, 0.6) is 0 Å². The van der Waals surface area contributed by atoms with Gasteiger partial charge in [-0.1, -0.05) is 31.4 Å². The van der Waals surface area contributed by atoms with Crippen molar-refractivity contribution in [1.82, 2.24) is 29.5 Å². The van der Waals surface area contributed by atoms with Gasteiger partial charge in [-0.3, -0.25) is 14.5 Å². The summed E-state index contributed by atoms with van der Waals surface area (Å²) < 4.78 is 2.83. The lowest BCUT2D eigenvalue weighted by Gasteiger charge is -2.26. The third-order valence-corrected chi connectivity index (χ3v) is 5.41. The van der Waals surface area contributed by atoms with E-state index < -0.39 is 5.97 Å². The Bertz CT molecular complexity index is 1060. The van der Waals surface area contributed by atoms with E-state index in [2.05, 4.69) is 27.1 Å². The van der Waals surface area contributed by atoms with Gasteiger partial charge < -0.3 is 5.11 Å². The van der Waals surface area contributed by atoms with Crippen molar-refractivity contribution in [3.8, 4) is 5.95 Å². The predicted molar refractivity (Wildman–Crippen MR) is 98.4 cm³/mol. The number of aromatic carboxylic acids is 1. The molecule has 3 aromatic rings. The number of aromatic amines is 1. The second kappa shape index (κ2) is 6.80. The van der Waals surface area contributed by atoms with Crippen LogP contribution in [-0.2, 0) is 6.54 Å². The molecular formula is C17H19ClN6O3. The van der Waals surface area contributed by atoms with Gasteiger partial charge in [0.2, 0.25) is 5.95 Å². The van der Waals surface area contributed by atoms with Crippen molar-refractivity contribution < 1.29 is 9.90 Å². The predicted octanol–water partition coefficient (Wildman–Crippen LogP) is 2.48. The lowest BCUT2D eigenvalue weighted by atomic mass is 9.83. The van der Waals surface area contributed by atoms with Crippen LogP contribution < -0.4 is 5.56 Å². The third-order valence-electron chi connectivity index (χ3n) is 5.16. The molecule has 4 rings (SSSR count). The first-order valence-electron chi connectivity index (χ1n) is 8.87. The number of rotatable bonds is 4. The van der Waals surface area contributed by atoms with Crippen molar-refractivity contribution >= 4 is 28.6 Å². The molecule has 0 saturated heterocycles. The lowest BCUT2D eigenvalue weighted by molar-refractivity contribution is 0.0697. The first kappa shape index (κ1) is 17.7. The van der Waals surface area contributed by atoms with E-state index in [-0.39, 0.29) is 27.7 Å². The average molecular weight is 391 g/mol. The van der Waals surface area contributed by atoms with Crippen molar-refractivity contribution in [2.45, 2.75) is 39.2 Å². The van der Waals surface area contributed by atoms with Crippen LogP contribution in [0.25, 0.3) is 17.0 Å². The number of nitrogens with one attached hydrogen (secondary N) is 1. The van der Waals surface area contributed by atoms with Crippen molar-refractivity contribution in [1.29, 1.82) is 0 Å². The van der Waals surface area contributed by atoms with Crippen LogP contribution in [0.15, 0.2) is 17.2 Å². The number of aromatic nitrogens is 6. The van der Waals surface area contributed by atoms with Gasteiger partial charge in [0, 0.05) is 12.7 Å². The monoisotopic (exact) mass is 390 g/mol. The highest BCUT2D eigenvalue weighted by Crippen LogP contribution is 2.30. The molecule has 2 N–H and O–H groups in total. The van der Waals surface area contributed by atoms with Gasteiger partial charge in [0.1, 0.15) is 5.52 Å².